The van der Waals surface area contributed by atoms with E-state index in [0.717, 1.165) is 24.3 Å². The Morgan fingerprint density at radius 2 is 2.21 bits per heavy atom. The molecule has 0 atom stereocenters. The fourth-order valence-electron chi connectivity index (χ4n) is 1.92. The molecule has 0 bridgehead atoms. The summed E-state index contributed by atoms with van der Waals surface area (Å²) in [7, 11) is 1.34. The van der Waals surface area contributed by atoms with Gasteiger partial charge in [-0.05, 0) is 33.3 Å². The summed E-state index contributed by atoms with van der Waals surface area (Å²) in [6.45, 7) is 7.60. The van der Waals surface area contributed by atoms with Crippen LogP contribution in [0.5, 0.6) is 0 Å². The second kappa shape index (κ2) is 7.31. The van der Waals surface area contributed by atoms with Crippen LogP contribution in [0.1, 0.15) is 42.1 Å². The summed E-state index contributed by atoms with van der Waals surface area (Å²) < 4.78 is 10.2. The number of hydrogen-bond donors (Lipinski definition) is 1. The third-order valence-corrected chi connectivity index (χ3v) is 3.03. The van der Waals surface area contributed by atoms with Gasteiger partial charge in [0.1, 0.15) is 5.76 Å². The predicted octanol–water partition coefficient (Wildman–Crippen LogP) is 1.97. The first-order valence-electron chi connectivity index (χ1n) is 6.52. The molecule has 108 valence electrons. The Morgan fingerprint density at radius 1 is 1.53 bits per heavy atom. The monoisotopic (exact) mass is 269 g/mol. The van der Waals surface area contributed by atoms with Gasteiger partial charge in [0, 0.05) is 24.8 Å². The molecule has 0 aromatic carbocycles. The summed E-state index contributed by atoms with van der Waals surface area (Å²) in [5.41, 5.74) is 0.785. The number of carbonyl (C=O) groups excluding carboxylic acids is 1. The van der Waals surface area contributed by atoms with Gasteiger partial charge < -0.3 is 14.3 Å². The zero-order chi connectivity index (χ0) is 14.4. The molecule has 5 heteroatoms. The SMILES string of the molecule is COC(=O)c1oc(CN(CCCO)C(C)C)cc1C. The molecular weight excluding hydrogens is 246 g/mol. The van der Waals surface area contributed by atoms with E-state index in [2.05, 4.69) is 23.5 Å². The maximum Gasteiger partial charge on any atom is 0.374 e. The molecule has 0 saturated carbocycles. The van der Waals surface area contributed by atoms with Crippen LogP contribution < -0.4 is 0 Å². The first-order chi connectivity index (χ1) is 8.99. The van der Waals surface area contributed by atoms with E-state index in [1.807, 2.05) is 13.0 Å². The summed E-state index contributed by atoms with van der Waals surface area (Å²) in [5.74, 6) is 0.558. The van der Waals surface area contributed by atoms with Crippen molar-refractivity contribution in [3.8, 4) is 0 Å². The van der Waals surface area contributed by atoms with Crippen molar-refractivity contribution in [1.29, 1.82) is 0 Å². The second-order valence-electron chi connectivity index (χ2n) is 4.86. The maximum atomic E-state index is 11.5. The van der Waals surface area contributed by atoms with Gasteiger partial charge in [-0.3, -0.25) is 4.90 Å². The van der Waals surface area contributed by atoms with Crippen LogP contribution in [0.15, 0.2) is 10.5 Å². The number of carbonyl (C=O) groups is 1. The quantitative estimate of drug-likeness (QED) is 0.767. The lowest BCUT2D eigenvalue weighted by molar-refractivity contribution is 0.0559. The van der Waals surface area contributed by atoms with E-state index >= 15 is 0 Å². The highest BCUT2D eigenvalue weighted by Crippen LogP contribution is 2.18. The molecule has 1 rings (SSSR count). The van der Waals surface area contributed by atoms with Crippen LogP contribution in [0.2, 0.25) is 0 Å². The fraction of sp³-hybridized carbons (Fsp3) is 0.643. The highest BCUT2D eigenvalue weighted by Gasteiger charge is 2.18. The summed E-state index contributed by atoms with van der Waals surface area (Å²) in [5, 5.41) is 8.90. The van der Waals surface area contributed by atoms with E-state index in [1.165, 1.54) is 7.11 Å². The van der Waals surface area contributed by atoms with E-state index in [4.69, 9.17) is 9.52 Å². The van der Waals surface area contributed by atoms with Gasteiger partial charge in [-0.2, -0.15) is 0 Å². The Balaban J connectivity index is 2.77. The van der Waals surface area contributed by atoms with Gasteiger partial charge in [-0.1, -0.05) is 0 Å². The van der Waals surface area contributed by atoms with Gasteiger partial charge >= 0.3 is 5.97 Å². The number of methoxy groups -OCH3 is 1. The largest absolute Gasteiger partial charge is 0.463 e. The number of rotatable bonds is 7. The zero-order valence-electron chi connectivity index (χ0n) is 12.1. The molecule has 0 aliphatic heterocycles. The van der Waals surface area contributed by atoms with Crippen molar-refractivity contribution in [1.82, 2.24) is 4.90 Å². The smallest absolute Gasteiger partial charge is 0.374 e. The van der Waals surface area contributed by atoms with Crippen molar-refractivity contribution in [2.75, 3.05) is 20.3 Å². The highest BCUT2D eigenvalue weighted by molar-refractivity contribution is 5.87. The third kappa shape index (κ3) is 4.36. The summed E-state index contributed by atoms with van der Waals surface area (Å²) in [6, 6.07) is 2.21. The number of hydrogen-bond acceptors (Lipinski definition) is 5. The molecule has 0 fully saturated rings. The lowest BCUT2D eigenvalue weighted by Crippen LogP contribution is -2.31. The molecule has 1 aromatic rings. The summed E-state index contributed by atoms with van der Waals surface area (Å²) >= 11 is 0. The minimum atomic E-state index is -0.449. The molecule has 0 saturated heterocycles. The van der Waals surface area contributed by atoms with Crippen LogP contribution in [0.4, 0.5) is 0 Å². The van der Waals surface area contributed by atoms with Crippen LogP contribution >= 0.6 is 0 Å². The lowest BCUT2D eigenvalue weighted by atomic mass is 10.2. The lowest BCUT2D eigenvalue weighted by Gasteiger charge is -2.24. The van der Waals surface area contributed by atoms with Crippen LogP contribution in [-0.4, -0.2) is 42.3 Å². The number of aliphatic hydroxyl groups is 1. The topological polar surface area (TPSA) is 62.9 Å². The predicted molar refractivity (Wildman–Crippen MR) is 72.0 cm³/mol. The molecule has 1 aromatic heterocycles. The molecular formula is C14H23NO4. The normalized spacial score (nSPS) is 11.3. The van der Waals surface area contributed by atoms with Crippen molar-refractivity contribution in [3.63, 3.8) is 0 Å². The third-order valence-electron chi connectivity index (χ3n) is 3.03. The standard InChI is InChI=1S/C14H23NO4/c1-10(2)15(6-5-7-16)9-12-8-11(3)13(19-12)14(17)18-4/h8,10,16H,5-7,9H2,1-4H3. The Hall–Kier alpha value is -1.33. The van der Waals surface area contributed by atoms with Crippen LogP contribution in [0, 0.1) is 6.92 Å². The molecule has 19 heavy (non-hydrogen) atoms. The van der Waals surface area contributed by atoms with Crippen LogP contribution in [0.25, 0.3) is 0 Å². The van der Waals surface area contributed by atoms with Gasteiger partial charge in [0.2, 0.25) is 5.76 Å². The van der Waals surface area contributed by atoms with E-state index in [-0.39, 0.29) is 12.4 Å². The molecule has 0 unspecified atom stereocenters. The number of aliphatic hydroxyl groups excluding tert-OH is 1. The first-order valence-corrected chi connectivity index (χ1v) is 6.52. The van der Waals surface area contributed by atoms with Crippen molar-refractivity contribution in [2.24, 2.45) is 0 Å². The number of furan rings is 1. The zero-order valence-corrected chi connectivity index (χ0v) is 12.1. The Bertz CT molecular complexity index is 412. The van der Waals surface area contributed by atoms with Crippen LogP contribution in [0.3, 0.4) is 0 Å². The van der Waals surface area contributed by atoms with Crippen molar-refractivity contribution >= 4 is 5.97 Å². The molecule has 0 amide bonds. The molecule has 0 spiro atoms. The molecule has 0 radical (unpaired) electrons. The molecule has 5 nitrogen and oxygen atoms in total. The molecule has 1 heterocycles. The Kier molecular flexibility index (Phi) is 6.05. The number of nitrogens with zero attached hydrogens (tertiary/aromatic N) is 1. The van der Waals surface area contributed by atoms with E-state index in [9.17, 15) is 4.79 Å². The van der Waals surface area contributed by atoms with E-state index < -0.39 is 5.97 Å². The highest BCUT2D eigenvalue weighted by atomic mass is 16.5. The van der Waals surface area contributed by atoms with Crippen molar-refractivity contribution in [2.45, 2.75) is 39.8 Å². The second-order valence-corrected chi connectivity index (χ2v) is 4.86. The average Bonchev–Trinajstić information content (AvgIpc) is 2.74. The van der Waals surface area contributed by atoms with Crippen LogP contribution in [-0.2, 0) is 11.3 Å². The van der Waals surface area contributed by atoms with Gasteiger partial charge in [-0.15, -0.1) is 0 Å². The number of aryl methyl sites for hydroxylation is 1. The molecule has 0 aliphatic carbocycles. The first kappa shape index (κ1) is 15.7. The van der Waals surface area contributed by atoms with Gasteiger partial charge in [0.15, 0.2) is 0 Å². The maximum absolute atomic E-state index is 11.5. The van der Waals surface area contributed by atoms with Gasteiger partial charge in [-0.25, -0.2) is 4.79 Å². The van der Waals surface area contributed by atoms with Gasteiger partial charge in [0.25, 0.3) is 0 Å². The van der Waals surface area contributed by atoms with Crippen molar-refractivity contribution in [3.05, 3.63) is 23.2 Å². The van der Waals surface area contributed by atoms with Gasteiger partial charge in [0.05, 0.1) is 13.7 Å². The van der Waals surface area contributed by atoms with E-state index in [1.54, 1.807) is 0 Å². The minimum Gasteiger partial charge on any atom is -0.463 e. The minimum absolute atomic E-state index is 0.174. The Morgan fingerprint density at radius 3 is 2.74 bits per heavy atom. The molecule has 1 N–H and O–H groups in total. The fourth-order valence-corrected chi connectivity index (χ4v) is 1.92. The number of esters is 1. The summed E-state index contributed by atoms with van der Waals surface area (Å²) in [6.07, 6.45) is 0.724. The van der Waals surface area contributed by atoms with Crippen molar-refractivity contribution < 1.29 is 19.1 Å². The Labute approximate surface area is 114 Å². The summed E-state index contributed by atoms with van der Waals surface area (Å²) in [4.78, 5) is 13.7. The number of ether oxygens (including phenoxy) is 1. The molecule has 0 aliphatic rings. The van der Waals surface area contributed by atoms with E-state index in [0.29, 0.717) is 12.6 Å². The average molecular weight is 269 g/mol.